The monoisotopic (exact) mass is 337 g/mol. The Bertz CT molecular complexity index is 577. The standard InChI is InChI=1S/C18H31N3O3/c1-7-14-10-21(17(22)16-12(3)19-13(4)24-16)15(8-2)9-20(14)11-18(5,6)23/h14-15,23H,7-11H2,1-6H3. The summed E-state index contributed by atoms with van der Waals surface area (Å²) in [5, 5.41) is 10.2. The van der Waals surface area contributed by atoms with Crippen LogP contribution in [-0.4, -0.2) is 63.1 Å². The van der Waals surface area contributed by atoms with Gasteiger partial charge in [-0.1, -0.05) is 13.8 Å². The lowest BCUT2D eigenvalue weighted by atomic mass is 9.99. The molecule has 24 heavy (non-hydrogen) atoms. The summed E-state index contributed by atoms with van der Waals surface area (Å²) >= 11 is 0. The van der Waals surface area contributed by atoms with E-state index in [0.29, 0.717) is 30.4 Å². The summed E-state index contributed by atoms with van der Waals surface area (Å²) in [7, 11) is 0. The van der Waals surface area contributed by atoms with E-state index >= 15 is 0 Å². The topological polar surface area (TPSA) is 69.8 Å². The van der Waals surface area contributed by atoms with Crippen molar-refractivity contribution in [3.8, 4) is 0 Å². The average Bonchev–Trinajstić information content (AvgIpc) is 2.83. The van der Waals surface area contributed by atoms with Crippen LogP contribution in [0.25, 0.3) is 0 Å². The highest BCUT2D eigenvalue weighted by Crippen LogP contribution is 2.24. The molecule has 6 nitrogen and oxygen atoms in total. The zero-order valence-corrected chi connectivity index (χ0v) is 15.8. The second kappa shape index (κ2) is 7.23. The van der Waals surface area contributed by atoms with Gasteiger partial charge in [-0.25, -0.2) is 4.98 Å². The first-order chi connectivity index (χ1) is 11.2. The minimum atomic E-state index is -0.740. The van der Waals surface area contributed by atoms with E-state index in [2.05, 4.69) is 23.7 Å². The number of carbonyl (C=O) groups is 1. The van der Waals surface area contributed by atoms with Crippen LogP contribution in [0.1, 0.15) is 62.7 Å². The molecule has 0 spiro atoms. The third kappa shape index (κ3) is 4.16. The molecule has 1 fully saturated rings. The third-order valence-electron chi connectivity index (χ3n) is 4.70. The quantitative estimate of drug-likeness (QED) is 0.893. The van der Waals surface area contributed by atoms with E-state index in [1.165, 1.54) is 0 Å². The fourth-order valence-electron chi connectivity index (χ4n) is 3.55. The zero-order chi connectivity index (χ0) is 18.1. The van der Waals surface area contributed by atoms with Crippen LogP contribution < -0.4 is 0 Å². The number of aliphatic hydroxyl groups is 1. The molecule has 2 atom stereocenters. The molecule has 0 bridgehead atoms. The van der Waals surface area contributed by atoms with Gasteiger partial charge < -0.3 is 14.4 Å². The second-order valence-corrected chi connectivity index (χ2v) is 7.47. The summed E-state index contributed by atoms with van der Waals surface area (Å²) in [4.78, 5) is 21.5. The van der Waals surface area contributed by atoms with Crippen LogP contribution in [0.15, 0.2) is 4.42 Å². The van der Waals surface area contributed by atoms with Gasteiger partial charge in [-0.15, -0.1) is 0 Å². The van der Waals surface area contributed by atoms with Crippen molar-refractivity contribution >= 4 is 5.91 Å². The van der Waals surface area contributed by atoms with Gasteiger partial charge in [-0.05, 0) is 33.6 Å². The third-order valence-corrected chi connectivity index (χ3v) is 4.70. The molecule has 0 saturated carbocycles. The van der Waals surface area contributed by atoms with E-state index in [1.54, 1.807) is 6.92 Å². The number of piperazine rings is 1. The lowest BCUT2D eigenvalue weighted by Crippen LogP contribution is -2.61. The molecule has 0 radical (unpaired) electrons. The molecule has 1 aliphatic heterocycles. The van der Waals surface area contributed by atoms with Crippen LogP contribution in [0.4, 0.5) is 0 Å². The van der Waals surface area contributed by atoms with Gasteiger partial charge in [0.2, 0.25) is 5.76 Å². The van der Waals surface area contributed by atoms with Gasteiger partial charge in [0.05, 0.1) is 11.3 Å². The second-order valence-electron chi connectivity index (χ2n) is 7.47. The van der Waals surface area contributed by atoms with E-state index < -0.39 is 5.60 Å². The van der Waals surface area contributed by atoms with Gasteiger partial charge in [0.25, 0.3) is 5.91 Å². The highest BCUT2D eigenvalue weighted by molar-refractivity contribution is 5.92. The first kappa shape index (κ1) is 18.9. The molecule has 1 saturated heterocycles. The first-order valence-electron chi connectivity index (χ1n) is 8.87. The van der Waals surface area contributed by atoms with Crippen molar-refractivity contribution in [3.63, 3.8) is 0 Å². The fraction of sp³-hybridized carbons (Fsp3) is 0.778. The minimum absolute atomic E-state index is 0.0682. The molecule has 1 aromatic rings. The molecule has 1 aliphatic rings. The molecular formula is C18H31N3O3. The lowest BCUT2D eigenvalue weighted by molar-refractivity contribution is -0.0245. The largest absolute Gasteiger partial charge is 0.436 e. The fourth-order valence-corrected chi connectivity index (χ4v) is 3.55. The van der Waals surface area contributed by atoms with Crippen molar-refractivity contribution in [2.45, 2.75) is 72.1 Å². The number of rotatable bonds is 5. The Hall–Kier alpha value is -1.40. The number of carbonyl (C=O) groups excluding carboxylic acids is 1. The van der Waals surface area contributed by atoms with E-state index in [0.717, 1.165) is 19.4 Å². The van der Waals surface area contributed by atoms with Gasteiger partial charge in [-0.2, -0.15) is 0 Å². The van der Waals surface area contributed by atoms with Crippen molar-refractivity contribution < 1.29 is 14.3 Å². The Balaban J connectivity index is 2.22. The summed E-state index contributed by atoms with van der Waals surface area (Å²) in [6.07, 6.45) is 1.81. The maximum Gasteiger partial charge on any atom is 0.291 e. The maximum absolute atomic E-state index is 13.0. The number of β-amino-alcohol motifs (C(OH)–C–C–N with tert-alkyl or cyclic N) is 1. The predicted molar refractivity (Wildman–Crippen MR) is 93.0 cm³/mol. The van der Waals surface area contributed by atoms with E-state index in [9.17, 15) is 9.90 Å². The van der Waals surface area contributed by atoms with Crippen molar-refractivity contribution in [2.24, 2.45) is 0 Å². The number of amides is 1. The SMILES string of the molecule is CCC1CN(C(=O)c2oc(C)nc2C)C(CC)CN1CC(C)(C)O. The van der Waals surface area contributed by atoms with E-state index in [1.807, 2.05) is 25.7 Å². The van der Waals surface area contributed by atoms with Gasteiger partial charge in [0.15, 0.2) is 5.89 Å². The van der Waals surface area contributed by atoms with Crippen molar-refractivity contribution in [1.29, 1.82) is 0 Å². The Labute approximate surface area is 144 Å². The molecule has 0 aliphatic carbocycles. The normalized spacial score (nSPS) is 22.9. The van der Waals surface area contributed by atoms with Crippen LogP contribution >= 0.6 is 0 Å². The Morgan fingerprint density at radius 1 is 1.25 bits per heavy atom. The summed E-state index contributed by atoms with van der Waals surface area (Å²) in [6, 6.07) is 0.361. The van der Waals surface area contributed by atoms with E-state index in [4.69, 9.17) is 4.42 Å². The van der Waals surface area contributed by atoms with Gasteiger partial charge >= 0.3 is 0 Å². The number of nitrogens with zero attached hydrogens (tertiary/aromatic N) is 3. The molecule has 2 unspecified atom stereocenters. The number of hydrogen-bond acceptors (Lipinski definition) is 5. The molecule has 0 aromatic carbocycles. The Morgan fingerprint density at radius 2 is 1.88 bits per heavy atom. The highest BCUT2D eigenvalue weighted by atomic mass is 16.4. The molecule has 1 N–H and O–H groups in total. The maximum atomic E-state index is 13.0. The zero-order valence-electron chi connectivity index (χ0n) is 15.8. The Morgan fingerprint density at radius 3 is 2.33 bits per heavy atom. The first-order valence-corrected chi connectivity index (χ1v) is 8.87. The number of aromatic nitrogens is 1. The van der Waals surface area contributed by atoms with Gasteiger partial charge in [-0.3, -0.25) is 9.69 Å². The predicted octanol–water partition coefficient (Wildman–Crippen LogP) is 2.38. The molecule has 2 rings (SSSR count). The lowest BCUT2D eigenvalue weighted by Gasteiger charge is -2.47. The van der Waals surface area contributed by atoms with Crippen LogP contribution in [0.5, 0.6) is 0 Å². The highest BCUT2D eigenvalue weighted by Gasteiger charge is 2.38. The van der Waals surface area contributed by atoms with Gasteiger partial charge in [0.1, 0.15) is 0 Å². The molecule has 1 aromatic heterocycles. The number of aryl methyl sites for hydroxylation is 2. The molecule has 6 heteroatoms. The number of hydrogen-bond donors (Lipinski definition) is 1. The molecule has 1 amide bonds. The van der Waals surface area contributed by atoms with Crippen LogP contribution in [0.2, 0.25) is 0 Å². The van der Waals surface area contributed by atoms with Gasteiger partial charge in [0, 0.05) is 38.6 Å². The molecular weight excluding hydrogens is 306 g/mol. The smallest absolute Gasteiger partial charge is 0.291 e. The summed E-state index contributed by atoms with van der Waals surface area (Å²) < 4.78 is 5.54. The van der Waals surface area contributed by atoms with E-state index in [-0.39, 0.29) is 18.0 Å². The summed E-state index contributed by atoms with van der Waals surface area (Å²) in [6.45, 7) is 13.5. The Kier molecular flexibility index (Phi) is 5.71. The van der Waals surface area contributed by atoms with Crippen LogP contribution in [0, 0.1) is 13.8 Å². The molecule has 2 heterocycles. The van der Waals surface area contributed by atoms with Crippen LogP contribution in [-0.2, 0) is 0 Å². The average molecular weight is 337 g/mol. The summed E-state index contributed by atoms with van der Waals surface area (Å²) in [5.41, 5.74) is -0.0874. The van der Waals surface area contributed by atoms with Crippen molar-refractivity contribution in [3.05, 3.63) is 17.3 Å². The number of oxazole rings is 1. The molecule has 136 valence electrons. The van der Waals surface area contributed by atoms with Crippen molar-refractivity contribution in [2.75, 3.05) is 19.6 Å². The summed E-state index contributed by atoms with van der Waals surface area (Å²) in [5.74, 6) is 0.814. The minimum Gasteiger partial charge on any atom is -0.436 e. The van der Waals surface area contributed by atoms with Crippen molar-refractivity contribution in [1.82, 2.24) is 14.8 Å². The van der Waals surface area contributed by atoms with Crippen LogP contribution in [0.3, 0.4) is 0 Å².